The summed E-state index contributed by atoms with van der Waals surface area (Å²) in [5.74, 6) is -1.70. The number of hydrogen-bond donors (Lipinski definition) is 2. The van der Waals surface area contributed by atoms with Crippen LogP contribution in [0.5, 0.6) is 0 Å². The number of carboxylic acid groups (broad SMARTS) is 1. The van der Waals surface area contributed by atoms with Gasteiger partial charge in [0.2, 0.25) is 10.0 Å². The van der Waals surface area contributed by atoms with Gasteiger partial charge < -0.3 is 5.11 Å². The van der Waals surface area contributed by atoms with E-state index < -0.39 is 28.4 Å². The zero-order valence-electron chi connectivity index (χ0n) is 17.6. The molecule has 2 N–H and O–H groups in total. The average Bonchev–Trinajstić information content (AvgIpc) is 2.80. The lowest BCUT2D eigenvalue weighted by molar-refractivity contribution is -0.121. The van der Waals surface area contributed by atoms with Gasteiger partial charge in [0.25, 0.3) is 5.91 Å². The van der Waals surface area contributed by atoms with Crippen molar-refractivity contribution >= 4 is 55.6 Å². The highest BCUT2D eigenvalue weighted by molar-refractivity contribution is 9.10. The molecule has 0 saturated carbocycles. The fraction of sp³-hybridized carbons (Fsp3) is 0.0870. The van der Waals surface area contributed by atoms with Crippen molar-refractivity contribution in [1.29, 1.82) is 0 Å². The van der Waals surface area contributed by atoms with Crippen LogP contribution in [-0.4, -0.2) is 42.5 Å². The molecule has 8 nitrogen and oxygen atoms in total. The minimum atomic E-state index is -4.00. The number of hydrogen-bond acceptors (Lipinski definition) is 5. The highest BCUT2D eigenvalue weighted by Crippen LogP contribution is 2.21. The Kier molecular flexibility index (Phi) is 8.56. The van der Waals surface area contributed by atoms with Gasteiger partial charge in [-0.1, -0.05) is 51.8 Å². The molecule has 11 heteroatoms. The van der Waals surface area contributed by atoms with Crippen molar-refractivity contribution < 1.29 is 23.1 Å². The molecule has 0 unspecified atom stereocenters. The normalized spacial score (nSPS) is 11.6. The molecule has 0 aliphatic rings. The first-order chi connectivity index (χ1) is 16.1. The second-order valence-electron chi connectivity index (χ2n) is 7.07. The third-order valence-electron chi connectivity index (χ3n) is 4.60. The molecule has 1 amide bonds. The van der Waals surface area contributed by atoms with Crippen molar-refractivity contribution in [3.63, 3.8) is 0 Å². The summed E-state index contributed by atoms with van der Waals surface area (Å²) in [6, 6.07) is 18.6. The summed E-state index contributed by atoms with van der Waals surface area (Å²) in [6.45, 7) is -0.528. The molecule has 0 heterocycles. The lowest BCUT2D eigenvalue weighted by Gasteiger charge is -2.21. The van der Waals surface area contributed by atoms with Crippen LogP contribution in [0.15, 0.2) is 87.3 Å². The first-order valence-corrected chi connectivity index (χ1v) is 12.4. The Morgan fingerprint density at radius 2 is 1.62 bits per heavy atom. The van der Waals surface area contributed by atoms with Crippen LogP contribution < -0.4 is 5.43 Å². The van der Waals surface area contributed by atoms with E-state index in [1.807, 2.05) is 0 Å². The Balaban J connectivity index is 1.75. The van der Waals surface area contributed by atoms with Crippen LogP contribution in [0, 0.1) is 0 Å². The Hall–Kier alpha value is -3.05. The standard InChI is InChI=1S/C23H19BrClN3O5S/c24-19-7-11-21(12-8-19)34(32,33)28(14-17-3-9-20(25)10-4-17)15-22(29)27-26-13-16-1-5-18(6-2-16)23(30)31/h1-13H,14-15H2,(H,27,29)(H,30,31)/b26-13-. The van der Waals surface area contributed by atoms with Crippen molar-refractivity contribution in [2.24, 2.45) is 5.10 Å². The molecule has 0 saturated heterocycles. The van der Waals surface area contributed by atoms with Gasteiger partial charge in [-0.3, -0.25) is 4.79 Å². The summed E-state index contributed by atoms with van der Waals surface area (Å²) in [5, 5.41) is 13.3. The van der Waals surface area contributed by atoms with E-state index in [4.69, 9.17) is 16.7 Å². The molecule has 0 aliphatic heterocycles. The van der Waals surface area contributed by atoms with Crippen LogP contribution >= 0.6 is 27.5 Å². The maximum Gasteiger partial charge on any atom is 0.335 e. The number of amides is 1. The van der Waals surface area contributed by atoms with Crippen LogP contribution in [0.1, 0.15) is 21.5 Å². The molecule has 0 bridgehead atoms. The predicted molar refractivity (Wildman–Crippen MR) is 132 cm³/mol. The number of sulfonamides is 1. The van der Waals surface area contributed by atoms with E-state index in [9.17, 15) is 18.0 Å². The number of nitrogens with zero attached hydrogens (tertiary/aromatic N) is 2. The highest BCUT2D eigenvalue weighted by Gasteiger charge is 2.27. The minimum Gasteiger partial charge on any atom is -0.478 e. The Labute approximate surface area is 210 Å². The topological polar surface area (TPSA) is 116 Å². The first kappa shape index (κ1) is 25.6. The number of rotatable bonds is 9. The van der Waals surface area contributed by atoms with Gasteiger partial charge in [0, 0.05) is 16.0 Å². The molecule has 34 heavy (non-hydrogen) atoms. The van der Waals surface area contributed by atoms with E-state index >= 15 is 0 Å². The minimum absolute atomic E-state index is 0.0412. The fourth-order valence-electron chi connectivity index (χ4n) is 2.86. The van der Waals surface area contributed by atoms with Gasteiger partial charge in [-0.15, -0.1) is 0 Å². The third kappa shape index (κ3) is 6.97. The van der Waals surface area contributed by atoms with E-state index in [0.717, 1.165) is 8.78 Å². The Morgan fingerprint density at radius 3 is 2.21 bits per heavy atom. The van der Waals surface area contributed by atoms with Crippen LogP contribution in [0.2, 0.25) is 5.02 Å². The molecular weight excluding hydrogens is 546 g/mol. The van der Waals surface area contributed by atoms with E-state index in [0.29, 0.717) is 16.1 Å². The Bertz CT molecular complexity index is 1300. The molecule has 0 fully saturated rings. The van der Waals surface area contributed by atoms with E-state index in [-0.39, 0.29) is 17.0 Å². The molecule has 0 radical (unpaired) electrons. The number of benzene rings is 3. The van der Waals surface area contributed by atoms with Crippen LogP contribution in [0.4, 0.5) is 0 Å². The van der Waals surface area contributed by atoms with E-state index in [2.05, 4.69) is 26.5 Å². The van der Waals surface area contributed by atoms with Crippen LogP contribution in [0.3, 0.4) is 0 Å². The van der Waals surface area contributed by atoms with Gasteiger partial charge in [-0.25, -0.2) is 18.6 Å². The lowest BCUT2D eigenvalue weighted by atomic mass is 10.1. The van der Waals surface area contributed by atoms with Crippen LogP contribution in [0.25, 0.3) is 0 Å². The molecule has 0 aliphatic carbocycles. The molecule has 3 aromatic carbocycles. The first-order valence-electron chi connectivity index (χ1n) is 9.80. The summed E-state index contributed by atoms with van der Waals surface area (Å²) in [7, 11) is -4.00. The second kappa shape index (κ2) is 11.4. The van der Waals surface area contributed by atoms with Crippen molar-refractivity contribution in [3.05, 3.63) is 99.0 Å². The monoisotopic (exact) mass is 563 g/mol. The quantitative estimate of drug-likeness (QED) is 0.299. The number of aromatic carboxylic acids is 1. The summed E-state index contributed by atoms with van der Waals surface area (Å²) >= 11 is 9.20. The van der Waals surface area contributed by atoms with Crippen molar-refractivity contribution in [2.45, 2.75) is 11.4 Å². The van der Waals surface area contributed by atoms with Crippen molar-refractivity contribution in [2.75, 3.05) is 6.54 Å². The van der Waals surface area contributed by atoms with Gasteiger partial charge in [0.1, 0.15) is 0 Å². The van der Waals surface area contributed by atoms with Crippen LogP contribution in [-0.2, 0) is 21.4 Å². The summed E-state index contributed by atoms with van der Waals surface area (Å²) in [4.78, 5) is 23.5. The molecule has 3 rings (SSSR count). The van der Waals surface area contributed by atoms with E-state index in [1.54, 1.807) is 36.4 Å². The van der Waals surface area contributed by atoms with Gasteiger partial charge in [-0.2, -0.15) is 9.41 Å². The molecule has 0 atom stereocenters. The average molecular weight is 565 g/mol. The number of nitrogens with one attached hydrogen (secondary N) is 1. The molecule has 176 valence electrons. The number of carbonyl (C=O) groups excluding carboxylic acids is 1. The second-order valence-corrected chi connectivity index (χ2v) is 10.4. The molecular formula is C23H19BrClN3O5S. The smallest absolute Gasteiger partial charge is 0.335 e. The van der Waals surface area contributed by atoms with Gasteiger partial charge in [-0.05, 0) is 59.7 Å². The summed E-state index contributed by atoms with van der Waals surface area (Å²) in [5.41, 5.74) is 3.64. The van der Waals surface area contributed by atoms with Crippen molar-refractivity contribution in [1.82, 2.24) is 9.73 Å². The summed E-state index contributed by atoms with van der Waals surface area (Å²) in [6.07, 6.45) is 1.33. The number of carboxylic acids is 1. The number of halogens is 2. The third-order valence-corrected chi connectivity index (χ3v) is 7.19. The van der Waals surface area contributed by atoms with Gasteiger partial charge >= 0.3 is 5.97 Å². The van der Waals surface area contributed by atoms with Gasteiger partial charge in [0.05, 0.1) is 23.2 Å². The largest absolute Gasteiger partial charge is 0.478 e. The molecule has 0 spiro atoms. The fourth-order valence-corrected chi connectivity index (χ4v) is 4.64. The molecule has 0 aromatic heterocycles. The lowest BCUT2D eigenvalue weighted by Crippen LogP contribution is -2.39. The zero-order valence-corrected chi connectivity index (χ0v) is 20.7. The van der Waals surface area contributed by atoms with E-state index in [1.165, 1.54) is 42.6 Å². The predicted octanol–water partition coefficient (Wildman–Crippen LogP) is 4.14. The zero-order chi connectivity index (χ0) is 24.7. The maximum absolute atomic E-state index is 13.3. The highest BCUT2D eigenvalue weighted by atomic mass is 79.9. The van der Waals surface area contributed by atoms with Gasteiger partial charge in [0.15, 0.2) is 0 Å². The Morgan fingerprint density at radius 1 is 1.00 bits per heavy atom. The van der Waals surface area contributed by atoms with Crippen molar-refractivity contribution in [3.8, 4) is 0 Å². The number of carbonyl (C=O) groups is 2. The maximum atomic E-state index is 13.3. The number of hydrazone groups is 1. The summed E-state index contributed by atoms with van der Waals surface area (Å²) < 4.78 is 28.3. The SMILES string of the molecule is O=C(CN(Cc1ccc(Cl)cc1)S(=O)(=O)c1ccc(Br)cc1)N/N=C\c1ccc(C(=O)O)cc1. The molecule has 3 aromatic rings.